The maximum Gasteiger partial charge on any atom is 0.416 e. The minimum Gasteiger partial charge on any atom is -0.350 e. The molecule has 1 unspecified atom stereocenters. The molecule has 1 heterocycles. The van der Waals surface area contributed by atoms with Crippen molar-refractivity contribution in [3.63, 3.8) is 0 Å². The molecule has 4 aromatic rings. The van der Waals surface area contributed by atoms with Gasteiger partial charge in [0.2, 0.25) is 0 Å². The van der Waals surface area contributed by atoms with Gasteiger partial charge in [-0.25, -0.2) is 0 Å². The third kappa shape index (κ3) is 3.55. The van der Waals surface area contributed by atoms with E-state index in [-0.39, 0.29) is 5.92 Å². The third-order valence-corrected chi connectivity index (χ3v) is 5.25. The number of alkyl halides is 3. The van der Waals surface area contributed by atoms with Gasteiger partial charge >= 0.3 is 6.18 Å². The summed E-state index contributed by atoms with van der Waals surface area (Å²) in [5, 5.41) is 1.18. The summed E-state index contributed by atoms with van der Waals surface area (Å²) in [7, 11) is 2.02. The van der Waals surface area contributed by atoms with E-state index in [0.717, 1.165) is 23.1 Å². The summed E-state index contributed by atoms with van der Waals surface area (Å²) in [6.07, 6.45) is -1.49. The number of aromatic nitrogens is 1. The smallest absolute Gasteiger partial charge is 0.350 e. The summed E-state index contributed by atoms with van der Waals surface area (Å²) in [5.74, 6) is -0.0192. The summed E-state index contributed by atoms with van der Waals surface area (Å²) in [6, 6.07) is 23.7. The summed E-state index contributed by atoms with van der Waals surface area (Å²) in [6.45, 7) is 0. The number of rotatable bonds is 4. The summed E-state index contributed by atoms with van der Waals surface area (Å²) in [5.41, 5.74) is 3.69. The molecular weight excluding hydrogens is 359 g/mol. The molecule has 0 saturated heterocycles. The largest absolute Gasteiger partial charge is 0.416 e. The van der Waals surface area contributed by atoms with Gasteiger partial charge in [0.05, 0.1) is 5.56 Å². The van der Waals surface area contributed by atoms with Crippen LogP contribution in [-0.4, -0.2) is 4.57 Å². The van der Waals surface area contributed by atoms with Gasteiger partial charge in [-0.05, 0) is 41.3 Å². The lowest BCUT2D eigenvalue weighted by atomic mass is 9.85. The fourth-order valence-corrected chi connectivity index (χ4v) is 3.83. The molecular formula is C24H20F3N. The van der Waals surface area contributed by atoms with Gasteiger partial charge in [0.15, 0.2) is 0 Å². The Hall–Kier alpha value is -3.01. The maximum absolute atomic E-state index is 13.0. The molecule has 3 aromatic carbocycles. The first kappa shape index (κ1) is 18.4. The molecule has 28 heavy (non-hydrogen) atoms. The molecule has 0 N–H and O–H groups in total. The standard InChI is InChI=1S/C24H20F3N/c1-28-16-19(21-9-5-6-10-23(21)28)15-22(17-7-3-2-4-8-17)18-11-13-20(14-12-18)24(25,26)27/h2-14,16,22H,15H2,1H3. The molecule has 0 radical (unpaired) electrons. The second-order valence-electron chi connectivity index (χ2n) is 7.07. The van der Waals surface area contributed by atoms with Crippen LogP contribution >= 0.6 is 0 Å². The Morgan fingerprint density at radius 2 is 1.39 bits per heavy atom. The van der Waals surface area contributed by atoms with Crippen LogP contribution in [0.25, 0.3) is 10.9 Å². The lowest BCUT2D eigenvalue weighted by Crippen LogP contribution is -2.08. The molecule has 0 spiro atoms. The lowest BCUT2D eigenvalue weighted by molar-refractivity contribution is -0.137. The summed E-state index contributed by atoms with van der Waals surface area (Å²) in [4.78, 5) is 0. The number of aryl methyl sites for hydroxylation is 1. The van der Waals surface area contributed by atoms with E-state index in [4.69, 9.17) is 0 Å². The third-order valence-electron chi connectivity index (χ3n) is 5.25. The van der Waals surface area contributed by atoms with Gasteiger partial charge in [0.1, 0.15) is 0 Å². The van der Waals surface area contributed by atoms with Gasteiger partial charge in [-0.3, -0.25) is 0 Å². The molecule has 4 heteroatoms. The van der Waals surface area contributed by atoms with E-state index in [0.29, 0.717) is 0 Å². The minimum absolute atomic E-state index is 0.0192. The summed E-state index contributed by atoms with van der Waals surface area (Å²) < 4.78 is 41.0. The molecule has 0 aliphatic heterocycles. The van der Waals surface area contributed by atoms with E-state index < -0.39 is 11.7 Å². The van der Waals surface area contributed by atoms with E-state index in [2.05, 4.69) is 22.9 Å². The van der Waals surface area contributed by atoms with Crippen LogP contribution in [0.3, 0.4) is 0 Å². The Kier molecular flexibility index (Phi) is 4.71. The van der Waals surface area contributed by atoms with Crippen molar-refractivity contribution in [3.05, 3.63) is 107 Å². The fourth-order valence-electron chi connectivity index (χ4n) is 3.83. The molecule has 1 nitrogen and oxygen atoms in total. The topological polar surface area (TPSA) is 4.93 Å². The normalized spacial score (nSPS) is 13.0. The molecule has 0 aliphatic rings. The average Bonchev–Trinajstić information content (AvgIpc) is 3.02. The first-order valence-electron chi connectivity index (χ1n) is 9.18. The van der Waals surface area contributed by atoms with Gasteiger partial charge in [-0.2, -0.15) is 13.2 Å². The Balaban J connectivity index is 1.76. The monoisotopic (exact) mass is 379 g/mol. The van der Waals surface area contributed by atoms with Crippen LogP contribution in [0.4, 0.5) is 13.2 Å². The molecule has 4 rings (SSSR count). The van der Waals surface area contributed by atoms with Crippen molar-refractivity contribution in [3.8, 4) is 0 Å². The van der Waals surface area contributed by atoms with E-state index >= 15 is 0 Å². The highest BCUT2D eigenvalue weighted by atomic mass is 19.4. The first-order chi connectivity index (χ1) is 13.4. The molecule has 0 saturated carbocycles. The average molecular weight is 379 g/mol. The predicted octanol–water partition coefficient (Wildman–Crippen LogP) is 6.57. The molecule has 1 aromatic heterocycles. The van der Waals surface area contributed by atoms with Crippen molar-refractivity contribution in [1.29, 1.82) is 0 Å². The second kappa shape index (κ2) is 7.19. The van der Waals surface area contributed by atoms with Crippen LogP contribution in [0.15, 0.2) is 85.1 Å². The molecule has 0 aliphatic carbocycles. The highest BCUT2D eigenvalue weighted by Crippen LogP contribution is 2.34. The molecule has 0 amide bonds. The number of nitrogens with zero attached hydrogens (tertiary/aromatic N) is 1. The number of hydrogen-bond acceptors (Lipinski definition) is 0. The number of halogens is 3. The van der Waals surface area contributed by atoms with Crippen molar-refractivity contribution in [2.24, 2.45) is 7.05 Å². The summed E-state index contributed by atoms with van der Waals surface area (Å²) >= 11 is 0. The zero-order valence-electron chi connectivity index (χ0n) is 15.4. The Morgan fingerprint density at radius 3 is 2.07 bits per heavy atom. The van der Waals surface area contributed by atoms with Crippen molar-refractivity contribution >= 4 is 10.9 Å². The van der Waals surface area contributed by atoms with Gasteiger partial charge in [-0.1, -0.05) is 60.7 Å². The van der Waals surface area contributed by atoms with Gasteiger partial charge in [0, 0.05) is 30.1 Å². The lowest BCUT2D eigenvalue weighted by Gasteiger charge is -2.19. The Bertz CT molecular complexity index is 1080. The van der Waals surface area contributed by atoms with Crippen molar-refractivity contribution in [1.82, 2.24) is 4.57 Å². The zero-order valence-corrected chi connectivity index (χ0v) is 15.4. The SMILES string of the molecule is Cn1cc(CC(c2ccccc2)c2ccc(C(F)(F)F)cc2)c2ccccc21. The van der Waals surface area contributed by atoms with Crippen LogP contribution in [0.2, 0.25) is 0 Å². The van der Waals surface area contributed by atoms with Crippen LogP contribution in [-0.2, 0) is 19.6 Å². The van der Waals surface area contributed by atoms with E-state index in [1.807, 2.05) is 49.5 Å². The second-order valence-corrected chi connectivity index (χ2v) is 7.07. The van der Waals surface area contributed by atoms with Gasteiger partial charge in [-0.15, -0.1) is 0 Å². The number of fused-ring (bicyclic) bond motifs is 1. The molecule has 0 fully saturated rings. The van der Waals surface area contributed by atoms with E-state index in [1.54, 1.807) is 12.1 Å². The van der Waals surface area contributed by atoms with Crippen LogP contribution < -0.4 is 0 Å². The number of hydrogen-bond donors (Lipinski definition) is 0. The number of para-hydroxylation sites is 1. The van der Waals surface area contributed by atoms with E-state index in [1.165, 1.54) is 23.1 Å². The van der Waals surface area contributed by atoms with Crippen LogP contribution in [0.1, 0.15) is 28.2 Å². The maximum atomic E-state index is 13.0. The predicted molar refractivity (Wildman–Crippen MR) is 106 cm³/mol. The van der Waals surface area contributed by atoms with Gasteiger partial charge < -0.3 is 4.57 Å². The number of benzene rings is 3. The molecule has 1 atom stereocenters. The minimum atomic E-state index is -4.32. The highest BCUT2D eigenvalue weighted by Gasteiger charge is 2.30. The highest BCUT2D eigenvalue weighted by molar-refractivity contribution is 5.84. The van der Waals surface area contributed by atoms with Gasteiger partial charge in [0.25, 0.3) is 0 Å². The Morgan fingerprint density at radius 1 is 0.786 bits per heavy atom. The van der Waals surface area contributed by atoms with Crippen LogP contribution in [0.5, 0.6) is 0 Å². The first-order valence-corrected chi connectivity index (χ1v) is 9.18. The van der Waals surface area contributed by atoms with E-state index in [9.17, 15) is 13.2 Å². The van der Waals surface area contributed by atoms with Crippen molar-refractivity contribution in [2.75, 3.05) is 0 Å². The fraction of sp³-hybridized carbons (Fsp3) is 0.167. The Labute approximate surface area is 162 Å². The van der Waals surface area contributed by atoms with Crippen molar-refractivity contribution in [2.45, 2.75) is 18.5 Å². The quantitative estimate of drug-likeness (QED) is 0.378. The van der Waals surface area contributed by atoms with Crippen LogP contribution in [0, 0.1) is 0 Å². The zero-order chi connectivity index (χ0) is 19.7. The molecule has 0 bridgehead atoms. The molecule has 142 valence electrons. The van der Waals surface area contributed by atoms with Crippen molar-refractivity contribution < 1.29 is 13.2 Å².